The number of rotatable bonds is 3. The SMILES string of the molecule is Clc1nc(N2CCOCC2)c2sc(CN3CCC4(CCNC4)CC3)cc2n1. The normalized spacial score (nSPS) is 23.5. The Bertz CT molecular complexity index is 806. The van der Waals surface area contributed by atoms with Crippen LogP contribution in [0, 0.1) is 5.41 Å². The minimum absolute atomic E-state index is 0.335. The Hall–Kier alpha value is -0.990. The molecular formula is C19H26ClN5OS. The van der Waals surface area contributed by atoms with Gasteiger partial charge in [-0.15, -0.1) is 11.3 Å². The highest BCUT2D eigenvalue weighted by molar-refractivity contribution is 7.19. The summed E-state index contributed by atoms with van der Waals surface area (Å²) < 4.78 is 6.64. The predicted octanol–water partition coefficient (Wildman–Crippen LogP) is 2.76. The summed E-state index contributed by atoms with van der Waals surface area (Å²) in [5, 5.41) is 3.89. The fourth-order valence-electron chi connectivity index (χ4n) is 4.63. The summed E-state index contributed by atoms with van der Waals surface area (Å²) in [7, 11) is 0. The Labute approximate surface area is 168 Å². The number of aromatic nitrogens is 2. The second kappa shape index (κ2) is 7.44. The van der Waals surface area contributed by atoms with Gasteiger partial charge in [-0.2, -0.15) is 4.98 Å². The van der Waals surface area contributed by atoms with Crippen molar-refractivity contribution >= 4 is 39.0 Å². The molecular weight excluding hydrogens is 382 g/mol. The predicted molar refractivity (Wildman–Crippen MR) is 110 cm³/mol. The number of morpholine rings is 1. The van der Waals surface area contributed by atoms with Crippen LogP contribution < -0.4 is 10.2 Å². The smallest absolute Gasteiger partial charge is 0.224 e. The summed E-state index contributed by atoms with van der Waals surface area (Å²) in [6.07, 6.45) is 3.98. The third-order valence-corrected chi connectivity index (χ3v) is 7.59. The summed E-state index contributed by atoms with van der Waals surface area (Å²) in [4.78, 5) is 15.3. The highest BCUT2D eigenvalue weighted by Crippen LogP contribution is 2.38. The average Bonchev–Trinajstić information content (AvgIpc) is 3.30. The second-order valence-corrected chi connectivity index (χ2v) is 9.52. The van der Waals surface area contributed by atoms with Crippen LogP contribution in [0.15, 0.2) is 6.07 Å². The van der Waals surface area contributed by atoms with Gasteiger partial charge in [0.1, 0.15) is 0 Å². The summed E-state index contributed by atoms with van der Waals surface area (Å²) in [5.74, 6) is 0.971. The molecule has 2 aromatic heterocycles. The van der Waals surface area contributed by atoms with Crippen LogP contribution in [-0.2, 0) is 11.3 Å². The van der Waals surface area contributed by atoms with E-state index in [1.54, 1.807) is 0 Å². The Morgan fingerprint density at radius 3 is 2.70 bits per heavy atom. The molecule has 0 unspecified atom stereocenters. The number of halogens is 1. The van der Waals surface area contributed by atoms with Crippen molar-refractivity contribution < 1.29 is 4.74 Å². The lowest BCUT2D eigenvalue weighted by atomic mass is 9.78. The molecule has 1 N–H and O–H groups in total. The highest BCUT2D eigenvalue weighted by atomic mass is 35.5. The molecule has 3 fully saturated rings. The van der Waals surface area contributed by atoms with E-state index in [-0.39, 0.29) is 0 Å². The second-order valence-electron chi connectivity index (χ2n) is 8.05. The number of thiophene rings is 1. The largest absolute Gasteiger partial charge is 0.378 e. The molecule has 146 valence electrons. The van der Waals surface area contributed by atoms with Crippen molar-refractivity contribution in [1.82, 2.24) is 20.2 Å². The maximum Gasteiger partial charge on any atom is 0.224 e. The fourth-order valence-corrected chi connectivity index (χ4v) is 5.96. The van der Waals surface area contributed by atoms with Gasteiger partial charge >= 0.3 is 0 Å². The fraction of sp³-hybridized carbons (Fsp3) is 0.684. The van der Waals surface area contributed by atoms with Crippen molar-refractivity contribution in [2.24, 2.45) is 5.41 Å². The van der Waals surface area contributed by atoms with Crippen molar-refractivity contribution in [3.63, 3.8) is 0 Å². The van der Waals surface area contributed by atoms with Gasteiger partial charge in [-0.25, -0.2) is 4.98 Å². The summed E-state index contributed by atoms with van der Waals surface area (Å²) in [5.41, 5.74) is 1.55. The topological polar surface area (TPSA) is 53.5 Å². The third kappa shape index (κ3) is 3.68. The quantitative estimate of drug-likeness (QED) is 0.789. The molecule has 1 spiro atoms. The Kier molecular flexibility index (Phi) is 4.98. The standard InChI is InChI=1S/C19H26ClN5OS/c20-18-22-15-11-14(12-24-5-2-19(3-6-24)1-4-21-13-19)27-16(15)17(23-18)25-7-9-26-10-8-25/h11,21H,1-10,12-13H2. The number of nitrogens with zero attached hydrogens (tertiary/aromatic N) is 4. The van der Waals surface area contributed by atoms with Crippen molar-refractivity contribution in [2.75, 3.05) is 57.4 Å². The van der Waals surface area contributed by atoms with E-state index in [1.807, 2.05) is 11.3 Å². The van der Waals surface area contributed by atoms with Gasteiger partial charge in [-0.05, 0) is 62.0 Å². The van der Waals surface area contributed by atoms with Crippen molar-refractivity contribution in [3.8, 4) is 0 Å². The van der Waals surface area contributed by atoms with E-state index in [4.69, 9.17) is 16.3 Å². The molecule has 0 aliphatic carbocycles. The molecule has 3 aliphatic rings. The van der Waals surface area contributed by atoms with Crippen LogP contribution in [0.3, 0.4) is 0 Å². The van der Waals surface area contributed by atoms with Crippen LogP contribution in [0.2, 0.25) is 5.28 Å². The van der Waals surface area contributed by atoms with Gasteiger partial charge in [0, 0.05) is 31.1 Å². The molecule has 0 aromatic carbocycles. The number of fused-ring (bicyclic) bond motifs is 1. The number of nitrogens with one attached hydrogen (secondary N) is 1. The van der Waals surface area contributed by atoms with E-state index in [9.17, 15) is 0 Å². The van der Waals surface area contributed by atoms with Crippen molar-refractivity contribution in [1.29, 1.82) is 0 Å². The Morgan fingerprint density at radius 2 is 1.96 bits per heavy atom. The van der Waals surface area contributed by atoms with Gasteiger partial charge in [0.15, 0.2) is 5.82 Å². The lowest BCUT2D eigenvalue weighted by Crippen LogP contribution is -2.40. The third-order valence-electron chi connectivity index (χ3n) is 6.32. The van der Waals surface area contributed by atoms with Crippen molar-refractivity contribution in [3.05, 3.63) is 16.2 Å². The van der Waals surface area contributed by atoms with Gasteiger partial charge in [-0.3, -0.25) is 4.90 Å². The van der Waals surface area contributed by atoms with Crippen LogP contribution in [0.4, 0.5) is 5.82 Å². The molecule has 0 saturated carbocycles. The van der Waals surface area contributed by atoms with E-state index in [2.05, 4.69) is 31.2 Å². The number of hydrogen-bond donors (Lipinski definition) is 1. The van der Waals surface area contributed by atoms with Crippen LogP contribution in [0.1, 0.15) is 24.1 Å². The van der Waals surface area contributed by atoms with Gasteiger partial charge in [0.05, 0.1) is 23.4 Å². The molecule has 8 heteroatoms. The number of anilines is 1. The highest BCUT2D eigenvalue weighted by Gasteiger charge is 2.37. The van der Waals surface area contributed by atoms with Crippen LogP contribution in [-0.4, -0.2) is 67.4 Å². The molecule has 0 atom stereocenters. The molecule has 0 bridgehead atoms. The molecule has 3 saturated heterocycles. The zero-order valence-electron chi connectivity index (χ0n) is 15.5. The molecule has 6 nitrogen and oxygen atoms in total. The molecule has 27 heavy (non-hydrogen) atoms. The minimum Gasteiger partial charge on any atom is -0.378 e. The zero-order valence-corrected chi connectivity index (χ0v) is 17.1. The van der Waals surface area contributed by atoms with E-state index in [0.29, 0.717) is 10.7 Å². The van der Waals surface area contributed by atoms with E-state index < -0.39 is 0 Å². The molecule has 5 rings (SSSR count). The first-order valence-electron chi connectivity index (χ1n) is 9.93. The number of likely N-dealkylation sites (tertiary alicyclic amines) is 1. The number of piperidine rings is 1. The van der Waals surface area contributed by atoms with E-state index in [0.717, 1.165) is 48.9 Å². The zero-order chi connectivity index (χ0) is 18.3. The van der Waals surface area contributed by atoms with Crippen LogP contribution in [0.5, 0.6) is 0 Å². The van der Waals surface area contributed by atoms with E-state index >= 15 is 0 Å². The van der Waals surface area contributed by atoms with E-state index in [1.165, 1.54) is 50.3 Å². The lowest BCUT2D eigenvalue weighted by molar-refractivity contribution is 0.114. The first kappa shape index (κ1) is 18.1. The Balaban J connectivity index is 1.34. The monoisotopic (exact) mass is 407 g/mol. The minimum atomic E-state index is 0.335. The lowest BCUT2D eigenvalue weighted by Gasteiger charge is -2.38. The molecule has 3 aliphatic heterocycles. The first-order valence-corrected chi connectivity index (χ1v) is 11.1. The van der Waals surface area contributed by atoms with Gasteiger partial charge in [0.2, 0.25) is 5.28 Å². The maximum absolute atomic E-state index is 6.22. The van der Waals surface area contributed by atoms with Gasteiger partial charge in [-0.1, -0.05) is 0 Å². The van der Waals surface area contributed by atoms with Gasteiger partial charge < -0.3 is 15.0 Å². The van der Waals surface area contributed by atoms with Gasteiger partial charge in [0.25, 0.3) is 0 Å². The number of ether oxygens (including phenoxy) is 1. The van der Waals surface area contributed by atoms with Crippen LogP contribution in [0.25, 0.3) is 10.2 Å². The van der Waals surface area contributed by atoms with Crippen LogP contribution >= 0.6 is 22.9 Å². The summed E-state index contributed by atoms with van der Waals surface area (Å²) in [6, 6.07) is 2.21. The molecule has 0 amide bonds. The number of hydrogen-bond acceptors (Lipinski definition) is 7. The Morgan fingerprint density at radius 1 is 1.15 bits per heavy atom. The molecule has 0 radical (unpaired) electrons. The summed E-state index contributed by atoms with van der Waals surface area (Å²) >= 11 is 8.05. The maximum atomic E-state index is 6.22. The summed E-state index contributed by atoms with van der Waals surface area (Å²) in [6.45, 7) is 9.00. The molecule has 2 aromatic rings. The molecule has 5 heterocycles. The van der Waals surface area contributed by atoms with Crippen molar-refractivity contribution in [2.45, 2.75) is 25.8 Å². The average molecular weight is 408 g/mol. The first-order chi connectivity index (χ1) is 13.2.